The van der Waals surface area contributed by atoms with E-state index in [1.165, 1.54) is 0 Å². The highest BCUT2D eigenvalue weighted by atomic mass is 16.5. The summed E-state index contributed by atoms with van der Waals surface area (Å²) >= 11 is 0. The molecule has 3 heterocycles. The van der Waals surface area contributed by atoms with E-state index in [9.17, 15) is 0 Å². The first-order valence-electron chi connectivity index (χ1n) is 9.53. The molecular formula is C24H19N3O3. The molecule has 6 nitrogen and oxygen atoms in total. The summed E-state index contributed by atoms with van der Waals surface area (Å²) in [5.74, 6) is 2.09. The van der Waals surface area contributed by atoms with Crippen LogP contribution in [0, 0.1) is 6.92 Å². The van der Waals surface area contributed by atoms with Gasteiger partial charge in [-0.05, 0) is 67.6 Å². The number of hydrogen-bond acceptors (Lipinski definition) is 6. The second-order valence-electron chi connectivity index (χ2n) is 6.92. The van der Waals surface area contributed by atoms with Crippen molar-refractivity contribution in [3.63, 3.8) is 0 Å². The van der Waals surface area contributed by atoms with Gasteiger partial charge in [0.15, 0.2) is 5.52 Å². The van der Waals surface area contributed by atoms with Crippen LogP contribution in [0.3, 0.4) is 0 Å². The van der Waals surface area contributed by atoms with Gasteiger partial charge in [-0.15, -0.1) is 0 Å². The minimum atomic E-state index is 0.477. The van der Waals surface area contributed by atoms with Crippen molar-refractivity contribution >= 4 is 22.1 Å². The molecule has 30 heavy (non-hydrogen) atoms. The number of methoxy groups -OCH3 is 2. The van der Waals surface area contributed by atoms with Crippen molar-refractivity contribution in [3.8, 4) is 34.2 Å². The van der Waals surface area contributed by atoms with E-state index in [1.807, 2.05) is 67.6 Å². The number of ether oxygens (including phenoxy) is 2. The van der Waals surface area contributed by atoms with Gasteiger partial charge in [0.2, 0.25) is 11.6 Å². The third kappa shape index (κ3) is 3.03. The molecule has 0 amide bonds. The van der Waals surface area contributed by atoms with Crippen LogP contribution in [0.5, 0.6) is 11.5 Å². The van der Waals surface area contributed by atoms with E-state index in [-0.39, 0.29) is 0 Å². The number of oxazole rings is 1. The quantitative estimate of drug-likeness (QED) is 0.403. The molecule has 0 radical (unpaired) electrons. The minimum Gasteiger partial charge on any atom is -0.497 e. The predicted molar refractivity (Wildman–Crippen MR) is 116 cm³/mol. The fourth-order valence-corrected chi connectivity index (χ4v) is 3.47. The molecule has 0 atom stereocenters. The zero-order chi connectivity index (χ0) is 20.7. The number of benzene rings is 2. The highest BCUT2D eigenvalue weighted by Crippen LogP contribution is 2.31. The van der Waals surface area contributed by atoms with Gasteiger partial charge in [0, 0.05) is 16.5 Å². The van der Waals surface area contributed by atoms with E-state index in [1.54, 1.807) is 14.2 Å². The fourth-order valence-electron chi connectivity index (χ4n) is 3.47. The molecule has 6 heteroatoms. The van der Waals surface area contributed by atoms with Crippen molar-refractivity contribution in [1.82, 2.24) is 15.0 Å². The van der Waals surface area contributed by atoms with Gasteiger partial charge < -0.3 is 13.9 Å². The first-order chi connectivity index (χ1) is 14.7. The molecule has 0 unspecified atom stereocenters. The maximum atomic E-state index is 5.97. The van der Waals surface area contributed by atoms with Crippen molar-refractivity contribution in [2.24, 2.45) is 0 Å². The van der Waals surface area contributed by atoms with Crippen molar-refractivity contribution in [3.05, 3.63) is 66.4 Å². The van der Waals surface area contributed by atoms with Crippen molar-refractivity contribution < 1.29 is 13.9 Å². The summed E-state index contributed by atoms with van der Waals surface area (Å²) in [5.41, 5.74) is 5.45. The van der Waals surface area contributed by atoms with Crippen LogP contribution in [0.25, 0.3) is 44.8 Å². The molecule has 0 spiro atoms. The van der Waals surface area contributed by atoms with E-state index >= 15 is 0 Å². The van der Waals surface area contributed by atoms with Crippen LogP contribution in [0.15, 0.2) is 65.1 Å². The molecule has 5 aromatic rings. The molecule has 0 aliphatic heterocycles. The Balaban J connectivity index is 1.67. The molecule has 2 aromatic carbocycles. The Kier molecular flexibility index (Phi) is 4.32. The standard InChI is InChI=1S/C24H19N3O3/c1-14-19-12-13-20(15-4-8-17(28-2)9-5-15)26-21(19)22-24(25-14)30-23(27-22)16-6-10-18(29-3)11-7-16/h4-13H,1-3H3. The van der Waals surface area contributed by atoms with E-state index in [0.717, 1.165) is 44.9 Å². The van der Waals surface area contributed by atoms with Gasteiger partial charge in [0.25, 0.3) is 0 Å². The van der Waals surface area contributed by atoms with Crippen LogP contribution in [0.4, 0.5) is 0 Å². The summed E-state index contributed by atoms with van der Waals surface area (Å²) in [6.07, 6.45) is 0. The molecule has 0 saturated carbocycles. The minimum absolute atomic E-state index is 0.477. The number of pyridine rings is 2. The smallest absolute Gasteiger partial charge is 0.249 e. The number of aromatic nitrogens is 3. The zero-order valence-electron chi connectivity index (χ0n) is 16.8. The molecule has 0 fully saturated rings. The maximum absolute atomic E-state index is 5.97. The molecule has 148 valence electrons. The lowest BCUT2D eigenvalue weighted by Gasteiger charge is -2.06. The van der Waals surface area contributed by atoms with Gasteiger partial charge in [-0.1, -0.05) is 0 Å². The number of nitrogens with zero attached hydrogens (tertiary/aromatic N) is 3. The highest BCUT2D eigenvalue weighted by molar-refractivity contribution is 6.01. The average Bonchev–Trinajstić information content (AvgIpc) is 3.23. The first kappa shape index (κ1) is 18.1. The van der Waals surface area contributed by atoms with E-state index in [4.69, 9.17) is 23.9 Å². The monoisotopic (exact) mass is 397 g/mol. The molecule has 0 aliphatic rings. The molecule has 0 N–H and O–H groups in total. The SMILES string of the molecule is COc1ccc(-c2ccc3c(C)nc4oc(-c5ccc(OC)cc5)nc4c3n2)cc1. The van der Waals surface area contributed by atoms with E-state index in [2.05, 4.69) is 4.98 Å². The lowest BCUT2D eigenvalue weighted by atomic mass is 10.1. The molecule has 0 saturated heterocycles. The Morgan fingerprint density at radius 3 is 1.93 bits per heavy atom. The Bertz CT molecular complexity index is 1360. The average molecular weight is 397 g/mol. The maximum Gasteiger partial charge on any atom is 0.249 e. The second kappa shape index (κ2) is 7.15. The van der Waals surface area contributed by atoms with Gasteiger partial charge in [-0.25, -0.2) is 15.0 Å². The van der Waals surface area contributed by atoms with Gasteiger partial charge in [-0.2, -0.15) is 0 Å². The lowest BCUT2D eigenvalue weighted by molar-refractivity contribution is 0.414. The lowest BCUT2D eigenvalue weighted by Crippen LogP contribution is -1.92. The normalized spacial score (nSPS) is 11.2. The van der Waals surface area contributed by atoms with Crippen LogP contribution in [0.1, 0.15) is 5.69 Å². The summed E-state index contributed by atoms with van der Waals surface area (Å²) in [4.78, 5) is 14.2. The summed E-state index contributed by atoms with van der Waals surface area (Å²) in [6.45, 7) is 1.95. The molecular weight excluding hydrogens is 378 g/mol. The third-order valence-electron chi connectivity index (χ3n) is 5.11. The van der Waals surface area contributed by atoms with Gasteiger partial charge in [0.1, 0.15) is 17.0 Å². The Hall–Kier alpha value is -3.93. The summed E-state index contributed by atoms with van der Waals surface area (Å²) in [6, 6.07) is 19.4. The van der Waals surface area contributed by atoms with Gasteiger partial charge >= 0.3 is 0 Å². The zero-order valence-corrected chi connectivity index (χ0v) is 16.8. The predicted octanol–water partition coefficient (Wildman–Crippen LogP) is 5.43. The second-order valence-corrected chi connectivity index (χ2v) is 6.92. The number of rotatable bonds is 4. The fraction of sp³-hybridized carbons (Fsp3) is 0.125. The van der Waals surface area contributed by atoms with Gasteiger partial charge in [-0.3, -0.25) is 0 Å². The highest BCUT2D eigenvalue weighted by Gasteiger charge is 2.16. The first-order valence-corrected chi connectivity index (χ1v) is 9.53. The number of fused-ring (bicyclic) bond motifs is 3. The van der Waals surface area contributed by atoms with E-state index in [0.29, 0.717) is 17.1 Å². The topological polar surface area (TPSA) is 70.3 Å². The summed E-state index contributed by atoms with van der Waals surface area (Å²) in [5, 5.41) is 0.953. The van der Waals surface area contributed by atoms with E-state index < -0.39 is 0 Å². The third-order valence-corrected chi connectivity index (χ3v) is 5.11. The molecule has 0 bridgehead atoms. The van der Waals surface area contributed by atoms with Crippen LogP contribution >= 0.6 is 0 Å². The largest absolute Gasteiger partial charge is 0.497 e. The summed E-state index contributed by atoms with van der Waals surface area (Å²) < 4.78 is 16.4. The van der Waals surface area contributed by atoms with Crippen LogP contribution < -0.4 is 9.47 Å². The Morgan fingerprint density at radius 2 is 1.30 bits per heavy atom. The van der Waals surface area contributed by atoms with Crippen molar-refractivity contribution in [1.29, 1.82) is 0 Å². The van der Waals surface area contributed by atoms with Crippen LogP contribution in [-0.2, 0) is 0 Å². The van der Waals surface area contributed by atoms with Crippen LogP contribution in [-0.4, -0.2) is 29.2 Å². The molecule has 5 rings (SSSR count). The summed E-state index contributed by atoms with van der Waals surface area (Å²) in [7, 11) is 3.29. The molecule has 0 aliphatic carbocycles. The Morgan fingerprint density at radius 1 is 0.667 bits per heavy atom. The number of hydrogen-bond donors (Lipinski definition) is 0. The van der Waals surface area contributed by atoms with Crippen molar-refractivity contribution in [2.75, 3.05) is 14.2 Å². The van der Waals surface area contributed by atoms with Crippen LogP contribution in [0.2, 0.25) is 0 Å². The molecule has 3 aromatic heterocycles. The number of aryl methyl sites for hydroxylation is 1. The van der Waals surface area contributed by atoms with Crippen molar-refractivity contribution in [2.45, 2.75) is 6.92 Å². The van der Waals surface area contributed by atoms with Gasteiger partial charge in [0.05, 0.1) is 25.6 Å². The Labute approximate surface area is 173 Å².